The van der Waals surface area contributed by atoms with Crippen molar-refractivity contribution in [2.24, 2.45) is 0 Å². The van der Waals surface area contributed by atoms with E-state index in [-0.39, 0.29) is 6.04 Å². The normalized spacial score (nSPS) is 16.0. The summed E-state index contributed by atoms with van der Waals surface area (Å²) >= 11 is 0. The summed E-state index contributed by atoms with van der Waals surface area (Å²) in [6, 6.07) is 14.2. The summed E-state index contributed by atoms with van der Waals surface area (Å²) in [6.45, 7) is 2.61. The number of nitrogens with zero attached hydrogens (tertiary/aromatic N) is 2. The Morgan fingerprint density at radius 1 is 0.758 bits per heavy atom. The fraction of sp³-hybridized carbons (Fsp3) is 0.385. The number of hydrogen-bond donors (Lipinski definition) is 0. The van der Waals surface area contributed by atoms with Gasteiger partial charge in [0.15, 0.2) is 11.5 Å². The molecule has 4 rings (SSSR count). The van der Waals surface area contributed by atoms with E-state index in [4.69, 9.17) is 23.7 Å². The molecule has 1 unspecified atom stereocenters. The fourth-order valence-electron chi connectivity index (χ4n) is 4.62. The Labute approximate surface area is 195 Å². The van der Waals surface area contributed by atoms with Crippen LogP contribution in [0.1, 0.15) is 29.3 Å². The van der Waals surface area contributed by atoms with Crippen molar-refractivity contribution in [3.63, 3.8) is 0 Å². The van der Waals surface area contributed by atoms with Crippen LogP contribution < -0.4 is 23.7 Å². The first kappa shape index (κ1) is 22.9. The van der Waals surface area contributed by atoms with E-state index < -0.39 is 0 Å². The molecule has 1 aliphatic heterocycles. The summed E-state index contributed by atoms with van der Waals surface area (Å²) in [6.07, 6.45) is 3.18. The monoisotopic (exact) mass is 452 g/mol. The van der Waals surface area contributed by atoms with Crippen LogP contribution in [0, 0.1) is 0 Å². The Hall–Kier alpha value is -3.32. The summed E-state index contributed by atoms with van der Waals surface area (Å²) in [5.41, 5.74) is 3.37. The van der Waals surface area contributed by atoms with E-state index in [1.807, 2.05) is 18.2 Å². The molecule has 0 saturated carbocycles. The van der Waals surface area contributed by atoms with Crippen LogP contribution in [0.15, 0.2) is 48.7 Å². The number of rotatable bonds is 8. The average Bonchev–Trinajstić information content (AvgIpc) is 3.24. The van der Waals surface area contributed by atoms with Gasteiger partial charge >= 0.3 is 0 Å². The first-order valence-electron chi connectivity index (χ1n) is 11.0. The topological polar surface area (TPSA) is 54.3 Å². The minimum absolute atomic E-state index is 0.0329. The molecule has 1 aliphatic rings. The van der Waals surface area contributed by atoms with Crippen LogP contribution in [0.5, 0.6) is 28.7 Å². The maximum Gasteiger partial charge on any atom is 0.164 e. The minimum atomic E-state index is -0.0329. The molecule has 1 atom stereocenters. The number of benzene rings is 2. The van der Waals surface area contributed by atoms with Gasteiger partial charge in [0, 0.05) is 49.2 Å². The molecule has 2 aromatic carbocycles. The lowest BCUT2D eigenvalue weighted by Crippen LogP contribution is -2.30. The van der Waals surface area contributed by atoms with Crippen LogP contribution in [0.25, 0.3) is 0 Å². The van der Waals surface area contributed by atoms with E-state index in [9.17, 15) is 0 Å². The Morgan fingerprint density at radius 3 is 2.06 bits per heavy atom. The summed E-state index contributed by atoms with van der Waals surface area (Å²) in [4.78, 5) is 2.47. The second-order valence-electron chi connectivity index (χ2n) is 8.02. The minimum Gasteiger partial charge on any atom is -0.497 e. The van der Waals surface area contributed by atoms with Crippen molar-refractivity contribution in [3.05, 3.63) is 65.5 Å². The Kier molecular flexibility index (Phi) is 6.99. The largest absolute Gasteiger partial charge is 0.497 e. The van der Waals surface area contributed by atoms with Crippen LogP contribution in [-0.4, -0.2) is 51.6 Å². The van der Waals surface area contributed by atoms with Crippen molar-refractivity contribution in [2.45, 2.75) is 25.6 Å². The highest BCUT2D eigenvalue weighted by Gasteiger charge is 2.31. The number of aryl methyl sites for hydroxylation is 1. The van der Waals surface area contributed by atoms with Crippen molar-refractivity contribution in [2.75, 3.05) is 42.1 Å². The predicted octanol–water partition coefficient (Wildman–Crippen LogP) is 4.53. The second-order valence-corrected chi connectivity index (χ2v) is 8.02. The van der Waals surface area contributed by atoms with E-state index >= 15 is 0 Å². The van der Waals surface area contributed by atoms with Gasteiger partial charge in [0.05, 0.1) is 41.6 Å². The lowest BCUT2D eigenvalue weighted by molar-refractivity contribution is 0.215. The van der Waals surface area contributed by atoms with Gasteiger partial charge in [-0.15, -0.1) is 0 Å². The van der Waals surface area contributed by atoms with Crippen molar-refractivity contribution in [1.82, 2.24) is 9.47 Å². The second kappa shape index (κ2) is 10.1. The Morgan fingerprint density at radius 2 is 1.42 bits per heavy atom. The van der Waals surface area contributed by atoms with Crippen molar-refractivity contribution in [3.8, 4) is 28.7 Å². The molecule has 2 heterocycles. The SMILES string of the molecule is COc1cc(CN2CCCn3cccc3C2c2cc(OC)c(OC)cc2OC)cc(OC)c1. The van der Waals surface area contributed by atoms with Crippen molar-refractivity contribution < 1.29 is 23.7 Å². The average molecular weight is 453 g/mol. The highest BCUT2D eigenvalue weighted by atomic mass is 16.5. The molecule has 7 nitrogen and oxygen atoms in total. The molecule has 0 saturated heterocycles. The molecule has 33 heavy (non-hydrogen) atoms. The lowest BCUT2D eigenvalue weighted by Gasteiger charge is -2.32. The number of methoxy groups -OCH3 is 5. The summed E-state index contributed by atoms with van der Waals surface area (Å²) in [5.74, 6) is 3.65. The van der Waals surface area contributed by atoms with E-state index in [1.54, 1.807) is 35.5 Å². The maximum atomic E-state index is 5.83. The van der Waals surface area contributed by atoms with Crippen LogP contribution in [-0.2, 0) is 13.1 Å². The fourth-order valence-corrected chi connectivity index (χ4v) is 4.62. The van der Waals surface area contributed by atoms with E-state index in [2.05, 4.69) is 39.9 Å². The zero-order valence-electron chi connectivity index (χ0n) is 20.0. The zero-order valence-corrected chi connectivity index (χ0v) is 20.0. The molecule has 0 amide bonds. The molecular formula is C26H32N2O5. The van der Waals surface area contributed by atoms with Crippen LogP contribution >= 0.6 is 0 Å². The lowest BCUT2D eigenvalue weighted by atomic mass is 9.99. The van der Waals surface area contributed by atoms with E-state index in [0.717, 1.165) is 54.4 Å². The molecule has 7 heteroatoms. The molecule has 176 valence electrons. The molecule has 0 bridgehead atoms. The van der Waals surface area contributed by atoms with Gasteiger partial charge in [0.25, 0.3) is 0 Å². The molecular weight excluding hydrogens is 420 g/mol. The zero-order chi connectivity index (χ0) is 23.4. The number of hydrogen-bond acceptors (Lipinski definition) is 6. The van der Waals surface area contributed by atoms with Gasteiger partial charge in [0.2, 0.25) is 0 Å². The third-order valence-corrected chi connectivity index (χ3v) is 6.18. The summed E-state index contributed by atoms with van der Waals surface area (Å²) in [7, 11) is 8.33. The van der Waals surface area contributed by atoms with E-state index in [0.29, 0.717) is 11.5 Å². The third kappa shape index (κ3) is 4.59. The number of fused-ring (bicyclic) bond motifs is 1. The molecule has 0 aliphatic carbocycles. The van der Waals surface area contributed by atoms with Gasteiger partial charge in [-0.2, -0.15) is 0 Å². The standard InChI is InChI=1S/C26H32N2O5/c1-29-19-12-18(13-20(14-19)30-2)17-28-11-7-10-27-9-6-8-22(27)26(28)21-15-24(32-4)25(33-5)16-23(21)31-3/h6,8-9,12-16,26H,7,10-11,17H2,1-5H3. The van der Waals surface area contributed by atoms with E-state index in [1.165, 1.54) is 5.69 Å². The first-order chi connectivity index (χ1) is 16.1. The Bertz CT molecular complexity index is 1070. The van der Waals surface area contributed by atoms with Crippen molar-refractivity contribution >= 4 is 0 Å². The third-order valence-electron chi connectivity index (χ3n) is 6.18. The van der Waals surface area contributed by atoms with Crippen molar-refractivity contribution in [1.29, 1.82) is 0 Å². The maximum absolute atomic E-state index is 5.83. The van der Waals surface area contributed by atoms with Gasteiger partial charge in [-0.3, -0.25) is 4.90 Å². The first-order valence-corrected chi connectivity index (χ1v) is 11.0. The highest BCUT2D eigenvalue weighted by Crippen LogP contribution is 2.43. The summed E-state index contributed by atoms with van der Waals surface area (Å²) < 4.78 is 30.3. The van der Waals surface area contributed by atoms with Gasteiger partial charge in [-0.05, 0) is 42.3 Å². The van der Waals surface area contributed by atoms with Gasteiger partial charge in [-0.1, -0.05) is 0 Å². The predicted molar refractivity (Wildman–Crippen MR) is 127 cm³/mol. The molecule has 0 spiro atoms. The van der Waals surface area contributed by atoms with Crippen LogP contribution in [0.4, 0.5) is 0 Å². The Balaban J connectivity index is 1.83. The van der Waals surface area contributed by atoms with Gasteiger partial charge < -0.3 is 28.3 Å². The molecule has 0 N–H and O–H groups in total. The van der Waals surface area contributed by atoms with Crippen LogP contribution in [0.2, 0.25) is 0 Å². The molecule has 0 fully saturated rings. The quantitative estimate of drug-likeness (QED) is 0.501. The summed E-state index contributed by atoms with van der Waals surface area (Å²) in [5, 5.41) is 0. The smallest absolute Gasteiger partial charge is 0.164 e. The number of aromatic nitrogens is 1. The molecule has 3 aromatic rings. The molecule has 1 aromatic heterocycles. The molecule has 0 radical (unpaired) electrons. The van der Waals surface area contributed by atoms with Gasteiger partial charge in [-0.25, -0.2) is 0 Å². The van der Waals surface area contributed by atoms with Gasteiger partial charge in [0.1, 0.15) is 17.2 Å². The highest BCUT2D eigenvalue weighted by molar-refractivity contribution is 5.53. The number of ether oxygens (including phenoxy) is 5. The van der Waals surface area contributed by atoms with Crippen LogP contribution in [0.3, 0.4) is 0 Å².